The number of carbonyl (C=O) groups is 1. The first kappa shape index (κ1) is 12.2. The summed E-state index contributed by atoms with van der Waals surface area (Å²) >= 11 is 1.75. The topological polar surface area (TPSA) is 20.3 Å². The standard InChI is InChI=1S/C12H19NOS/c1-12(2,3)11(14)13(4)8-7-10-6-5-9-15-10/h5-6,9H,7-8H2,1-4H3. The predicted octanol–water partition coefficient (Wildman–Crippen LogP) is 2.80. The lowest BCUT2D eigenvalue weighted by Crippen LogP contribution is -2.37. The van der Waals surface area contributed by atoms with Gasteiger partial charge in [0.1, 0.15) is 0 Å². The van der Waals surface area contributed by atoms with Gasteiger partial charge >= 0.3 is 0 Å². The molecule has 0 spiro atoms. The summed E-state index contributed by atoms with van der Waals surface area (Å²) < 4.78 is 0. The molecule has 0 N–H and O–H groups in total. The number of likely N-dealkylation sites (N-methyl/N-ethyl adjacent to an activating group) is 1. The largest absolute Gasteiger partial charge is 0.345 e. The summed E-state index contributed by atoms with van der Waals surface area (Å²) in [4.78, 5) is 15.0. The average molecular weight is 225 g/mol. The van der Waals surface area contributed by atoms with E-state index < -0.39 is 0 Å². The molecular weight excluding hydrogens is 206 g/mol. The van der Waals surface area contributed by atoms with Crippen LogP contribution in [-0.2, 0) is 11.2 Å². The maximum atomic E-state index is 11.9. The van der Waals surface area contributed by atoms with Gasteiger partial charge in [0.2, 0.25) is 5.91 Å². The van der Waals surface area contributed by atoms with Crippen LogP contribution in [0.4, 0.5) is 0 Å². The highest BCUT2D eigenvalue weighted by Gasteiger charge is 2.24. The molecule has 0 radical (unpaired) electrons. The van der Waals surface area contributed by atoms with Crippen LogP contribution in [0.25, 0.3) is 0 Å². The minimum absolute atomic E-state index is 0.207. The van der Waals surface area contributed by atoms with Crippen LogP contribution in [0.3, 0.4) is 0 Å². The summed E-state index contributed by atoms with van der Waals surface area (Å²) in [6.07, 6.45) is 0.954. The van der Waals surface area contributed by atoms with Crippen molar-refractivity contribution in [3.8, 4) is 0 Å². The molecule has 1 heterocycles. The highest BCUT2D eigenvalue weighted by atomic mass is 32.1. The third-order valence-electron chi connectivity index (χ3n) is 2.26. The molecule has 0 saturated heterocycles. The molecule has 0 bridgehead atoms. The first-order chi connectivity index (χ1) is 6.91. The Hall–Kier alpha value is -0.830. The van der Waals surface area contributed by atoms with Gasteiger partial charge in [-0.05, 0) is 17.9 Å². The van der Waals surface area contributed by atoms with E-state index in [-0.39, 0.29) is 11.3 Å². The first-order valence-corrected chi connectivity index (χ1v) is 6.07. The molecule has 3 heteroatoms. The van der Waals surface area contributed by atoms with Gasteiger partial charge < -0.3 is 4.90 Å². The molecule has 15 heavy (non-hydrogen) atoms. The second-order valence-corrected chi connectivity index (χ2v) is 5.84. The van der Waals surface area contributed by atoms with Crippen molar-refractivity contribution in [2.45, 2.75) is 27.2 Å². The Morgan fingerprint density at radius 2 is 2.13 bits per heavy atom. The highest BCUT2D eigenvalue weighted by molar-refractivity contribution is 7.09. The minimum atomic E-state index is -0.274. The highest BCUT2D eigenvalue weighted by Crippen LogP contribution is 2.17. The van der Waals surface area contributed by atoms with E-state index in [4.69, 9.17) is 0 Å². The smallest absolute Gasteiger partial charge is 0.227 e. The second-order valence-electron chi connectivity index (χ2n) is 4.81. The Bertz CT molecular complexity index is 311. The minimum Gasteiger partial charge on any atom is -0.345 e. The monoisotopic (exact) mass is 225 g/mol. The lowest BCUT2D eigenvalue weighted by Gasteiger charge is -2.25. The van der Waals surface area contributed by atoms with Crippen LogP contribution in [0, 0.1) is 5.41 Å². The zero-order chi connectivity index (χ0) is 11.5. The molecule has 0 unspecified atom stereocenters. The summed E-state index contributed by atoms with van der Waals surface area (Å²) in [5, 5.41) is 2.07. The van der Waals surface area contributed by atoms with E-state index in [0.717, 1.165) is 13.0 Å². The molecule has 0 atom stereocenters. The maximum absolute atomic E-state index is 11.9. The predicted molar refractivity (Wildman–Crippen MR) is 65.1 cm³/mol. The molecule has 84 valence electrons. The van der Waals surface area contributed by atoms with Crippen LogP contribution in [0.1, 0.15) is 25.6 Å². The van der Waals surface area contributed by atoms with Crippen LogP contribution in [-0.4, -0.2) is 24.4 Å². The van der Waals surface area contributed by atoms with Crippen LogP contribution in [0.2, 0.25) is 0 Å². The third-order valence-corrected chi connectivity index (χ3v) is 3.20. The Balaban J connectivity index is 2.43. The van der Waals surface area contributed by atoms with Gasteiger partial charge in [0, 0.05) is 23.9 Å². The SMILES string of the molecule is CN(CCc1cccs1)C(=O)C(C)(C)C. The Kier molecular flexibility index (Phi) is 3.91. The Morgan fingerprint density at radius 3 is 2.60 bits per heavy atom. The number of nitrogens with zero attached hydrogens (tertiary/aromatic N) is 1. The normalized spacial score (nSPS) is 11.5. The van der Waals surface area contributed by atoms with Gasteiger partial charge in [0.25, 0.3) is 0 Å². The van der Waals surface area contributed by atoms with E-state index >= 15 is 0 Å². The van der Waals surface area contributed by atoms with Gasteiger partial charge in [-0.15, -0.1) is 11.3 Å². The van der Waals surface area contributed by atoms with Crippen LogP contribution >= 0.6 is 11.3 Å². The molecule has 2 nitrogen and oxygen atoms in total. The average Bonchev–Trinajstić information content (AvgIpc) is 2.63. The zero-order valence-electron chi connectivity index (χ0n) is 9.91. The van der Waals surface area contributed by atoms with Crippen molar-refractivity contribution in [3.05, 3.63) is 22.4 Å². The van der Waals surface area contributed by atoms with E-state index in [9.17, 15) is 4.79 Å². The fourth-order valence-electron chi connectivity index (χ4n) is 1.41. The quantitative estimate of drug-likeness (QED) is 0.774. The fraction of sp³-hybridized carbons (Fsp3) is 0.583. The number of hydrogen-bond acceptors (Lipinski definition) is 2. The van der Waals surface area contributed by atoms with Crippen molar-refractivity contribution in [2.24, 2.45) is 5.41 Å². The van der Waals surface area contributed by atoms with Gasteiger partial charge in [-0.1, -0.05) is 26.8 Å². The van der Waals surface area contributed by atoms with E-state index in [1.54, 1.807) is 11.3 Å². The molecule has 1 rings (SSSR count). The van der Waals surface area contributed by atoms with E-state index in [2.05, 4.69) is 11.4 Å². The van der Waals surface area contributed by atoms with Crippen molar-refractivity contribution in [1.82, 2.24) is 4.90 Å². The van der Waals surface area contributed by atoms with Gasteiger partial charge in [0.15, 0.2) is 0 Å². The summed E-state index contributed by atoms with van der Waals surface area (Å²) in [6, 6.07) is 4.16. The molecule has 1 amide bonds. The molecule has 0 aromatic carbocycles. The van der Waals surface area contributed by atoms with Gasteiger partial charge in [-0.25, -0.2) is 0 Å². The van der Waals surface area contributed by atoms with Crippen LogP contribution in [0.5, 0.6) is 0 Å². The van der Waals surface area contributed by atoms with Gasteiger partial charge in [-0.3, -0.25) is 4.79 Å². The third kappa shape index (κ3) is 3.67. The number of hydrogen-bond donors (Lipinski definition) is 0. The van der Waals surface area contributed by atoms with Crippen LogP contribution in [0.15, 0.2) is 17.5 Å². The summed E-state index contributed by atoms with van der Waals surface area (Å²) in [5.41, 5.74) is -0.274. The maximum Gasteiger partial charge on any atom is 0.227 e. The number of thiophene rings is 1. The van der Waals surface area contributed by atoms with Gasteiger partial charge in [-0.2, -0.15) is 0 Å². The van der Waals surface area contributed by atoms with E-state index in [1.165, 1.54) is 4.88 Å². The number of carbonyl (C=O) groups excluding carboxylic acids is 1. The second kappa shape index (κ2) is 4.79. The molecular formula is C12H19NOS. The molecule has 0 fully saturated rings. The van der Waals surface area contributed by atoms with Crippen molar-refractivity contribution < 1.29 is 4.79 Å². The Morgan fingerprint density at radius 1 is 1.47 bits per heavy atom. The molecule has 0 saturated carbocycles. The van der Waals surface area contributed by atoms with Crippen molar-refractivity contribution in [3.63, 3.8) is 0 Å². The van der Waals surface area contributed by atoms with Crippen LogP contribution < -0.4 is 0 Å². The van der Waals surface area contributed by atoms with Crippen molar-refractivity contribution in [1.29, 1.82) is 0 Å². The van der Waals surface area contributed by atoms with Crippen molar-refractivity contribution >= 4 is 17.2 Å². The molecule has 1 aromatic rings. The zero-order valence-corrected chi connectivity index (χ0v) is 10.7. The first-order valence-electron chi connectivity index (χ1n) is 5.19. The summed E-state index contributed by atoms with van der Waals surface area (Å²) in [7, 11) is 1.88. The summed E-state index contributed by atoms with van der Waals surface area (Å²) in [6.45, 7) is 6.67. The fourth-order valence-corrected chi connectivity index (χ4v) is 2.11. The molecule has 0 aliphatic heterocycles. The van der Waals surface area contributed by atoms with Crippen molar-refractivity contribution in [2.75, 3.05) is 13.6 Å². The Labute approximate surface area is 95.9 Å². The molecule has 1 aromatic heterocycles. The molecule has 0 aliphatic rings. The number of amides is 1. The van der Waals surface area contributed by atoms with Gasteiger partial charge in [0.05, 0.1) is 0 Å². The lowest BCUT2D eigenvalue weighted by molar-refractivity contribution is -0.138. The molecule has 0 aliphatic carbocycles. The summed E-state index contributed by atoms with van der Waals surface area (Å²) in [5.74, 6) is 0.207. The number of rotatable bonds is 3. The van der Waals surface area contributed by atoms with E-state index in [1.807, 2.05) is 38.8 Å². The lowest BCUT2D eigenvalue weighted by atomic mass is 9.95. The van der Waals surface area contributed by atoms with E-state index in [0.29, 0.717) is 0 Å².